The number of aromatic hydroxyl groups is 1. The molecule has 0 saturated carbocycles. The molecule has 6 heteroatoms. The number of methoxy groups -OCH3 is 1. The van der Waals surface area contributed by atoms with Crippen LogP contribution in [-0.4, -0.2) is 22.4 Å². The van der Waals surface area contributed by atoms with Gasteiger partial charge in [0, 0.05) is 0 Å². The highest BCUT2D eigenvalue weighted by atomic mass is 32.2. The van der Waals surface area contributed by atoms with Gasteiger partial charge in [-0.3, -0.25) is 9.69 Å². The molecule has 0 radical (unpaired) electrons. The second-order valence-electron chi connectivity index (χ2n) is 4.81. The number of phenolic OH excluding ortho intramolecular Hbond substituents is 1. The SMILES string of the molecule is COc1ccc(N2C(=O)/C(=C/c3cccc(O)c3)SC2=S)cc1. The van der Waals surface area contributed by atoms with Gasteiger partial charge < -0.3 is 9.84 Å². The van der Waals surface area contributed by atoms with Crippen molar-refractivity contribution >= 4 is 46.0 Å². The average Bonchev–Trinajstić information content (AvgIpc) is 2.81. The molecule has 0 unspecified atom stereocenters. The van der Waals surface area contributed by atoms with Crippen molar-refractivity contribution < 1.29 is 14.6 Å². The van der Waals surface area contributed by atoms with Crippen molar-refractivity contribution in [2.24, 2.45) is 0 Å². The van der Waals surface area contributed by atoms with Crippen LogP contribution in [0.5, 0.6) is 11.5 Å². The van der Waals surface area contributed by atoms with E-state index in [0.29, 0.717) is 14.9 Å². The summed E-state index contributed by atoms with van der Waals surface area (Å²) in [4.78, 5) is 14.6. The molecule has 0 bridgehead atoms. The highest BCUT2D eigenvalue weighted by Crippen LogP contribution is 2.36. The summed E-state index contributed by atoms with van der Waals surface area (Å²) < 4.78 is 5.60. The van der Waals surface area contributed by atoms with Gasteiger partial charge in [0.15, 0.2) is 4.32 Å². The number of ether oxygens (including phenoxy) is 1. The molecule has 1 aliphatic heterocycles. The van der Waals surface area contributed by atoms with E-state index in [4.69, 9.17) is 17.0 Å². The van der Waals surface area contributed by atoms with Crippen LogP contribution in [0, 0.1) is 0 Å². The predicted molar refractivity (Wildman–Crippen MR) is 96.8 cm³/mol. The summed E-state index contributed by atoms with van der Waals surface area (Å²) in [7, 11) is 1.59. The monoisotopic (exact) mass is 343 g/mol. The van der Waals surface area contributed by atoms with E-state index in [0.717, 1.165) is 11.3 Å². The predicted octanol–water partition coefficient (Wildman–Crippen LogP) is 3.81. The topological polar surface area (TPSA) is 49.8 Å². The third-order valence-electron chi connectivity index (χ3n) is 3.29. The van der Waals surface area contributed by atoms with E-state index >= 15 is 0 Å². The number of rotatable bonds is 3. The molecule has 1 saturated heterocycles. The number of carbonyl (C=O) groups excluding carboxylic acids is 1. The molecule has 0 spiro atoms. The summed E-state index contributed by atoms with van der Waals surface area (Å²) in [5.74, 6) is 0.701. The van der Waals surface area contributed by atoms with E-state index < -0.39 is 0 Å². The minimum Gasteiger partial charge on any atom is -0.508 e. The van der Waals surface area contributed by atoms with Gasteiger partial charge in [-0.15, -0.1) is 0 Å². The average molecular weight is 343 g/mol. The smallest absolute Gasteiger partial charge is 0.270 e. The molecular formula is C17H13NO3S2. The quantitative estimate of drug-likeness (QED) is 0.678. The first-order valence-electron chi connectivity index (χ1n) is 6.79. The molecule has 1 aliphatic rings. The van der Waals surface area contributed by atoms with Crippen LogP contribution in [0.1, 0.15) is 5.56 Å². The van der Waals surface area contributed by atoms with Crippen molar-refractivity contribution in [1.82, 2.24) is 0 Å². The zero-order chi connectivity index (χ0) is 16.4. The Balaban J connectivity index is 1.90. The molecule has 1 N–H and O–H groups in total. The van der Waals surface area contributed by atoms with Crippen LogP contribution in [0.2, 0.25) is 0 Å². The Kier molecular flexibility index (Phi) is 4.36. The first kappa shape index (κ1) is 15.6. The lowest BCUT2D eigenvalue weighted by Gasteiger charge is -2.14. The lowest BCUT2D eigenvalue weighted by atomic mass is 10.2. The van der Waals surface area contributed by atoms with E-state index in [1.54, 1.807) is 55.7 Å². The Morgan fingerprint density at radius 1 is 1.22 bits per heavy atom. The van der Waals surface area contributed by atoms with Gasteiger partial charge in [-0.05, 0) is 48.0 Å². The van der Waals surface area contributed by atoms with E-state index in [-0.39, 0.29) is 11.7 Å². The van der Waals surface area contributed by atoms with Crippen molar-refractivity contribution in [3.05, 3.63) is 59.0 Å². The third-order valence-corrected chi connectivity index (χ3v) is 4.59. The van der Waals surface area contributed by atoms with Crippen LogP contribution in [0.4, 0.5) is 5.69 Å². The van der Waals surface area contributed by atoms with Gasteiger partial charge in [0.25, 0.3) is 5.91 Å². The number of amides is 1. The molecule has 1 heterocycles. The summed E-state index contributed by atoms with van der Waals surface area (Å²) in [6.45, 7) is 0. The molecule has 2 aromatic rings. The van der Waals surface area contributed by atoms with Gasteiger partial charge in [-0.1, -0.05) is 36.1 Å². The molecule has 0 aromatic heterocycles. The standard InChI is InChI=1S/C17H13NO3S2/c1-21-14-7-5-12(6-8-14)18-16(20)15(23-17(18)22)10-11-3-2-4-13(19)9-11/h2-10,19H,1H3/b15-10-. The van der Waals surface area contributed by atoms with Crippen LogP contribution >= 0.6 is 24.0 Å². The number of hydrogen-bond donors (Lipinski definition) is 1. The fourth-order valence-corrected chi connectivity index (χ4v) is 3.49. The molecule has 2 aromatic carbocycles. The second kappa shape index (κ2) is 6.44. The van der Waals surface area contributed by atoms with Crippen molar-refractivity contribution in [3.8, 4) is 11.5 Å². The number of thiocarbonyl (C=S) groups is 1. The first-order valence-corrected chi connectivity index (χ1v) is 8.02. The number of anilines is 1. The van der Waals surface area contributed by atoms with E-state index in [9.17, 15) is 9.90 Å². The Hall–Kier alpha value is -2.31. The number of carbonyl (C=O) groups is 1. The summed E-state index contributed by atoms with van der Waals surface area (Å²) >= 11 is 6.57. The number of benzene rings is 2. The molecule has 0 aliphatic carbocycles. The third kappa shape index (κ3) is 3.23. The van der Waals surface area contributed by atoms with E-state index in [2.05, 4.69) is 0 Å². The second-order valence-corrected chi connectivity index (χ2v) is 6.49. The van der Waals surface area contributed by atoms with Crippen LogP contribution in [0.25, 0.3) is 6.08 Å². The van der Waals surface area contributed by atoms with E-state index in [1.165, 1.54) is 16.7 Å². The normalized spacial score (nSPS) is 16.2. The fourth-order valence-electron chi connectivity index (χ4n) is 2.19. The Bertz CT molecular complexity index is 800. The van der Waals surface area contributed by atoms with Gasteiger partial charge in [-0.25, -0.2) is 0 Å². The highest BCUT2D eigenvalue weighted by molar-refractivity contribution is 8.27. The van der Waals surface area contributed by atoms with Gasteiger partial charge in [-0.2, -0.15) is 0 Å². The number of phenols is 1. The first-order chi connectivity index (χ1) is 11.1. The van der Waals surface area contributed by atoms with Crippen LogP contribution < -0.4 is 9.64 Å². The minimum absolute atomic E-state index is 0.157. The maximum absolute atomic E-state index is 12.6. The molecule has 1 amide bonds. The molecule has 1 fully saturated rings. The molecule has 4 nitrogen and oxygen atoms in total. The van der Waals surface area contributed by atoms with Crippen molar-refractivity contribution in [1.29, 1.82) is 0 Å². The van der Waals surface area contributed by atoms with Crippen LogP contribution in [-0.2, 0) is 4.79 Å². The number of hydrogen-bond acceptors (Lipinski definition) is 5. The number of nitrogens with zero attached hydrogens (tertiary/aromatic N) is 1. The maximum atomic E-state index is 12.6. The summed E-state index contributed by atoms with van der Waals surface area (Å²) in [5.41, 5.74) is 1.45. The largest absolute Gasteiger partial charge is 0.508 e. The maximum Gasteiger partial charge on any atom is 0.270 e. The molecule has 0 atom stereocenters. The Morgan fingerprint density at radius 2 is 1.96 bits per heavy atom. The summed E-state index contributed by atoms with van der Waals surface area (Å²) in [6.07, 6.45) is 1.72. The van der Waals surface area contributed by atoms with Crippen molar-refractivity contribution in [2.75, 3.05) is 12.0 Å². The zero-order valence-electron chi connectivity index (χ0n) is 12.2. The molecular weight excluding hydrogens is 330 g/mol. The fraction of sp³-hybridized carbons (Fsp3) is 0.0588. The highest BCUT2D eigenvalue weighted by Gasteiger charge is 2.33. The van der Waals surface area contributed by atoms with Gasteiger partial charge in [0.05, 0.1) is 17.7 Å². The van der Waals surface area contributed by atoms with Gasteiger partial charge in [0.1, 0.15) is 11.5 Å². The molecule has 3 rings (SSSR count). The summed E-state index contributed by atoms with van der Waals surface area (Å²) in [6, 6.07) is 13.9. The molecule has 23 heavy (non-hydrogen) atoms. The van der Waals surface area contributed by atoms with Crippen molar-refractivity contribution in [3.63, 3.8) is 0 Å². The Morgan fingerprint density at radius 3 is 2.61 bits per heavy atom. The summed E-state index contributed by atoms with van der Waals surface area (Å²) in [5, 5.41) is 9.52. The molecule has 116 valence electrons. The van der Waals surface area contributed by atoms with Gasteiger partial charge >= 0.3 is 0 Å². The number of thioether (sulfide) groups is 1. The van der Waals surface area contributed by atoms with Crippen LogP contribution in [0.15, 0.2) is 53.4 Å². The van der Waals surface area contributed by atoms with Crippen LogP contribution in [0.3, 0.4) is 0 Å². The zero-order valence-corrected chi connectivity index (χ0v) is 13.9. The van der Waals surface area contributed by atoms with Gasteiger partial charge in [0.2, 0.25) is 0 Å². The van der Waals surface area contributed by atoms with Crippen molar-refractivity contribution in [2.45, 2.75) is 0 Å². The minimum atomic E-state index is -0.173. The van der Waals surface area contributed by atoms with E-state index in [1.807, 2.05) is 6.07 Å². The lowest BCUT2D eigenvalue weighted by Crippen LogP contribution is -2.27. The Labute approximate surface area is 143 Å². The lowest BCUT2D eigenvalue weighted by molar-refractivity contribution is -0.113.